The van der Waals surface area contributed by atoms with Crippen LogP contribution in [0.25, 0.3) is 84.0 Å². The van der Waals surface area contributed by atoms with Gasteiger partial charge < -0.3 is 9.30 Å². The monoisotopic (exact) mass is 665 g/mol. The van der Waals surface area contributed by atoms with Crippen molar-refractivity contribution < 1.29 is 4.74 Å². The zero-order valence-corrected chi connectivity index (χ0v) is 28.1. The van der Waals surface area contributed by atoms with E-state index < -0.39 is 0 Å². The molecule has 9 aromatic rings. The fraction of sp³-hybridized carbons (Fsp3) is 0. The van der Waals surface area contributed by atoms with Crippen molar-refractivity contribution in [3.8, 4) is 84.6 Å². The fourth-order valence-electron chi connectivity index (χ4n) is 7.37. The van der Waals surface area contributed by atoms with E-state index in [-0.39, 0.29) is 0 Å². The molecule has 0 fully saturated rings. The molecule has 3 heterocycles. The lowest BCUT2D eigenvalue weighted by Crippen LogP contribution is -1.98. The van der Waals surface area contributed by atoms with Gasteiger partial charge >= 0.3 is 0 Å². The zero-order valence-electron chi connectivity index (χ0n) is 28.1. The van der Waals surface area contributed by atoms with Crippen molar-refractivity contribution in [2.75, 3.05) is 0 Å². The van der Waals surface area contributed by atoms with Crippen LogP contribution < -0.4 is 4.74 Å². The van der Waals surface area contributed by atoms with Crippen LogP contribution in [0, 0.1) is 0 Å². The summed E-state index contributed by atoms with van der Waals surface area (Å²) in [6, 6.07) is 65.4. The molecule has 0 atom stereocenters. The Hall–Kier alpha value is -7.04. The van der Waals surface area contributed by atoms with E-state index in [0.717, 1.165) is 78.7 Å². The van der Waals surface area contributed by atoms with Gasteiger partial charge in [-0.25, -0.2) is 9.97 Å². The van der Waals surface area contributed by atoms with E-state index in [0.29, 0.717) is 5.82 Å². The lowest BCUT2D eigenvalue weighted by Gasteiger charge is -2.14. The third-order valence-electron chi connectivity index (χ3n) is 9.86. The number of ether oxygens (including phenoxy) is 1. The van der Waals surface area contributed by atoms with Gasteiger partial charge in [-0.1, -0.05) is 146 Å². The van der Waals surface area contributed by atoms with Crippen molar-refractivity contribution in [2.45, 2.75) is 0 Å². The summed E-state index contributed by atoms with van der Waals surface area (Å²) >= 11 is 0. The molecule has 0 radical (unpaired) electrons. The summed E-state index contributed by atoms with van der Waals surface area (Å²) in [5.41, 5.74) is 13.9. The maximum absolute atomic E-state index is 6.54. The summed E-state index contributed by atoms with van der Waals surface area (Å²) in [4.78, 5) is 9.96. The predicted molar refractivity (Wildman–Crippen MR) is 212 cm³/mol. The standard InChI is InChI=1S/C48H31N3O/c1-3-13-34(14-4-1)41-31-42(50-48(49-41)36-15-5-2-6-16-36)35-25-23-32(24-26-35)33-27-29-37(30-28-33)51-43-20-10-7-17-38(43)46-39-18-8-11-21-44(39)52-45-22-12-9-19-40(45)47(46)51/h1-31H. The largest absolute Gasteiger partial charge is 0.456 e. The van der Waals surface area contributed by atoms with E-state index in [4.69, 9.17) is 14.7 Å². The highest BCUT2D eigenvalue weighted by Gasteiger charge is 2.28. The predicted octanol–water partition coefficient (Wildman–Crippen LogP) is 12.5. The summed E-state index contributed by atoms with van der Waals surface area (Å²) in [7, 11) is 0. The minimum atomic E-state index is 0.713. The third kappa shape index (κ3) is 5.09. The van der Waals surface area contributed by atoms with E-state index in [1.165, 1.54) is 10.9 Å². The molecule has 0 saturated carbocycles. The Kier molecular flexibility index (Phi) is 7.10. The first-order valence-electron chi connectivity index (χ1n) is 17.5. The summed E-state index contributed by atoms with van der Waals surface area (Å²) in [6.07, 6.45) is 0. The van der Waals surface area contributed by atoms with Crippen LogP contribution in [0.5, 0.6) is 11.5 Å². The Morgan fingerprint density at radius 1 is 0.404 bits per heavy atom. The Morgan fingerprint density at radius 2 is 0.904 bits per heavy atom. The van der Waals surface area contributed by atoms with Crippen molar-refractivity contribution in [3.63, 3.8) is 0 Å². The number of aromatic nitrogens is 3. The third-order valence-corrected chi connectivity index (χ3v) is 9.86. The fourth-order valence-corrected chi connectivity index (χ4v) is 7.37. The topological polar surface area (TPSA) is 39.9 Å². The van der Waals surface area contributed by atoms with Gasteiger partial charge in [0.05, 0.1) is 22.6 Å². The van der Waals surface area contributed by atoms with Crippen molar-refractivity contribution in [1.29, 1.82) is 0 Å². The molecule has 0 spiro atoms. The maximum Gasteiger partial charge on any atom is 0.160 e. The SMILES string of the molecule is c1ccc(-c2cc(-c3ccc(-c4ccc(-n5c6c(c7ccccc75)-c5ccccc5Oc5ccccc5-6)cc4)cc3)nc(-c3ccccc3)n2)cc1. The zero-order chi connectivity index (χ0) is 34.4. The normalized spacial score (nSPS) is 11.6. The summed E-state index contributed by atoms with van der Waals surface area (Å²) in [5, 5.41) is 1.19. The minimum Gasteiger partial charge on any atom is -0.456 e. The molecule has 52 heavy (non-hydrogen) atoms. The number of rotatable bonds is 5. The van der Waals surface area contributed by atoms with E-state index in [9.17, 15) is 0 Å². The van der Waals surface area contributed by atoms with Gasteiger partial charge in [0.2, 0.25) is 0 Å². The van der Waals surface area contributed by atoms with Gasteiger partial charge in [0.1, 0.15) is 11.5 Å². The number of fused-ring (bicyclic) bond motifs is 7. The van der Waals surface area contributed by atoms with Gasteiger partial charge in [0, 0.05) is 44.5 Å². The highest BCUT2D eigenvalue weighted by atomic mass is 16.5. The minimum absolute atomic E-state index is 0.713. The summed E-state index contributed by atoms with van der Waals surface area (Å²) < 4.78 is 8.92. The van der Waals surface area contributed by atoms with Crippen molar-refractivity contribution in [3.05, 3.63) is 188 Å². The number of nitrogens with zero attached hydrogens (tertiary/aromatic N) is 3. The summed E-state index contributed by atoms with van der Waals surface area (Å²) in [6.45, 7) is 0. The first kappa shape index (κ1) is 29.8. The molecule has 2 aromatic heterocycles. The number of hydrogen-bond donors (Lipinski definition) is 0. The van der Waals surface area contributed by atoms with Crippen molar-refractivity contribution in [1.82, 2.24) is 14.5 Å². The van der Waals surface area contributed by atoms with Crippen LogP contribution in [0.2, 0.25) is 0 Å². The van der Waals surface area contributed by atoms with Crippen LogP contribution in [-0.4, -0.2) is 14.5 Å². The quantitative estimate of drug-likeness (QED) is 0.184. The molecule has 7 aromatic carbocycles. The molecular formula is C48H31N3O. The van der Waals surface area contributed by atoms with Gasteiger partial charge in [-0.15, -0.1) is 0 Å². The van der Waals surface area contributed by atoms with Crippen molar-refractivity contribution >= 4 is 10.9 Å². The molecule has 1 aliphatic rings. The maximum atomic E-state index is 6.54. The molecule has 0 unspecified atom stereocenters. The number of benzene rings is 7. The average molecular weight is 666 g/mol. The first-order chi connectivity index (χ1) is 25.8. The molecular weight excluding hydrogens is 635 g/mol. The molecule has 10 rings (SSSR count). The highest BCUT2D eigenvalue weighted by molar-refractivity contribution is 6.08. The molecule has 1 aliphatic heterocycles. The number of para-hydroxylation sites is 3. The van der Waals surface area contributed by atoms with Gasteiger partial charge in [-0.05, 0) is 53.6 Å². The van der Waals surface area contributed by atoms with E-state index in [1.807, 2.05) is 48.5 Å². The molecule has 0 saturated heterocycles. The molecule has 244 valence electrons. The Balaban J connectivity index is 1.04. The smallest absolute Gasteiger partial charge is 0.160 e. The molecule has 4 heteroatoms. The second-order valence-corrected chi connectivity index (χ2v) is 13.0. The molecule has 4 nitrogen and oxygen atoms in total. The van der Waals surface area contributed by atoms with E-state index >= 15 is 0 Å². The van der Waals surface area contributed by atoms with Gasteiger partial charge in [0.15, 0.2) is 5.82 Å². The first-order valence-corrected chi connectivity index (χ1v) is 17.5. The van der Waals surface area contributed by atoms with Crippen LogP contribution >= 0.6 is 0 Å². The lowest BCUT2D eigenvalue weighted by atomic mass is 9.98. The average Bonchev–Trinajstić information content (AvgIpc) is 3.49. The lowest BCUT2D eigenvalue weighted by molar-refractivity contribution is 0.487. The van der Waals surface area contributed by atoms with Gasteiger partial charge in [-0.3, -0.25) is 0 Å². The van der Waals surface area contributed by atoms with Crippen LogP contribution in [0.1, 0.15) is 0 Å². The Labute approximate surface area is 301 Å². The van der Waals surface area contributed by atoms with Crippen LogP contribution in [0.3, 0.4) is 0 Å². The molecule has 0 N–H and O–H groups in total. The summed E-state index contributed by atoms with van der Waals surface area (Å²) in [5.74, 6) is 2.43. The molecule has 0 amide bonds. The van der Waals surface area contributed by atoms with Crippen LogP contribution in [0.4, 0.5) is 0 Å². The van der Waals surface area contributed by atoms with Crippen LogP contribution in [0.15, 0.2) is 188 Å². The molecule has 0 bridgehead atoms. The van der Waals surface area contributed by atoms with Gasteiger partial charge in [0.25, 0.3) is 0 Å². The van der Waals surface area contributed by atoms with Gasteiger partial charge in [-0.2, -0.15) is 0 Å². The second-order valence-electron chi connectivity index (χ2n) is 13.0. The Bertz CT molecular complexity index is 2670. The van der Waals surface area contributed by atoms with E-state index in [2.05, 4.69) is 144 Å². The van der Waals surface area contributed by atoms with Crippen LogP contribution in [-0.2, 0) is 0 Å². The second kappa shape index (κ2) is 12.4. The highest BCUT2D eigenvalue weighted by Crippen LogP contribution is 2.51. The molecule has 0 aliphatic carbocycles. The Morgan fingerprint density at radius 3 is 1.60 bits per heavy atom. The van der Waals surface area contributed by atoms with Crippen molar-refractivity contribution in [2.24, 2.45) is 0 Å². The van der Waals surface area contributed by atoms with E-state index in [1.54, 1.807) is 0 Å². The number of hydrogen-bond acceptors (Lipinski definition) is 3.